The van der Waals surface area contributed by atoms with Crippen LogP contribution in [0, 0.1) is 0 Å². The van der Waals surface area contributed by atoms with Gasteiger partial charge >= 0.3 is 0 Å². The first kappa shape index (κ1) is 17.8. The Morgan fingerprint density at radius 2 is 1.45 bits per heavy atom. The molecule has 4 N–H and O–H groups in total. The Morgan fingerprint density at radius 1 is 0.864 bits per heavy atom. The van der Waals surface area contributed by atoms with Crippen LogP contribution in [0.2, 0.25) is 0 Å². The second-order valence-corrected chi connectivity index (χ2v) is 5.17. The molecule has 0 bridgehead atoms. The first-order valence-corrected chi connectivity index (χ1v) is 7.60. The Hall–Kier alpha value is -2.24. The van der Waals surface area contributed by atoms with Gasteiger partial charge in [0.05, 0.1) is 0 Å². The van der Waals surface area contributed by atoms with Crippen molar-refractivity contribution in [1.29, 1.82) is 0 Å². The van der Waals surface area contributed by atoms with E-state index < -0.39 is 5.91 Å². The molecule has 122 valence electrons. The summed E-state index contributed by atoms with van der Waals surface area (Å²) in [6.45, 7) is 0.751. The van der Waals surface area contributed by atoms with Crippen LogP contribution < -0.4 is 16.4 Å². The number of hydrogen-bond donors (Lipinski definition) is 3. The van der Waals surface area contributed by atoms with Crippen LogP contribution in [0.3, 0.4) is 0 Å². The predicted molar refractivity (Wildman–Crippen MR) is 84.0 cm³/mol. The number of nitrogens with one attached hydrogen (secondary N) is 2. The van der Waals surface area contributed by atoms with Gasteiger partial charge < -0.3 is 16.4 Å². The van der Waals surface area contributed by atoms with Crippen LogP contribution in [0.1, 0.15) is 37.7 Å². The molecule has 0 spiro atoms. The summed E-state index contributed by atoms with van der Waals surface area (Å²) in [7, 11) is 0. The summed E-state index contributed by atoms with van der Waals surface area (Å²) in [5.41, 5.74) is 6.22. The van der Waals surface area contributed by atoms with Crippen LogP contribution in [0.15, 0.2) is 24.3 Å². The van der Waals surface area contributed by atoms with Crippen molar-refractivity contribution in [2.75, 3.05) is 13.1 Å². The molecule has 0 aromatic heterocycles. The Kier molecular flexibility index (Phi) is 8.49. The van der Waals surface area contributed by atoms with E-state index in [1.54, 1.807) is 0 Å². The Labute approximate surface area is 130 Å². The summed E-state index contributed by atoms with van der Waals surface area (Å²) in [6, 6.07) is 8.08. The molecular formula is C16H24N3O3-. The quantitative estimate of drug-likeness (QED) is 0.412. The van der Waals surface area contributed by atoms with Gasteiger partial charge in [-0.25, -0.2) is 12.1 Å². The first-order valence-electron chi connectivity index (χ1n) is 7.60. The van der Waals surface area contributed by atoms with Gasteiger partial charge in [0, 0.05) is 32.4 Å². The second kappa shape index (κ2) is 10.5. The number of amides is 3. The molecule has 0 unspecified atom stereocenters. The van der Waals surface area contributed by atoms with Crippen LogP contribution in [0.4, 0.5) is 0 Å². The fourth-order valence-electron chi connectivity index (χ4n) is 2.01. The van der Waals surface area contributed by atoms with E-state index in [-0.39, 0.29) is 24.8 Å². The zero-order chi connectivity index (χ0) is 16.2. The van der Waals surface area contributed by atoms with Gasteiger partial charge in [-0.1, -0.05) is 12.8 Å². The molecule has 0 heterocycles. The molecule has 0 aliphatic heterocycles. The fourth-order valence-corrected chi connectivity index (χ4v) is 2.01. The number of carbonyl (C=O) groups excluding carboxylic acids is 3. The standard InChI is InChI=1S/C16H24N3O3/c17-14(20)10-12-19-16(22)9-4-11-18-15(21)8-3-7-13-5-1-2-6-13/h1-2,5-6H,3-4,7-12H2,(H2,17,20)(H,18,21)(H,19,22)/q-1. The van der Waals surface area contributed by atoms with E-state index in [1.165, 1.54) is 5.56 Å². The lowest BCUT2D eigenvalue weighted by Gasteiger charge is -2.06. The summed E-state index contributed by atoms with van der Waals surface area (Å²) in [6.07, 6.45) is 3.28. The van der Waals surface area contributed by atoms with Gasteiger partial charge in [0.1, 0.15) is 0 Å². The highest BCUT2D eigenvalue weighted by molar-refractivity contribution is 5.78. The van der Waals surface area contributed by atoms with E-state index in [1.807, 2.05) is 12.1 Å². The summed E-state index contributed by atoms with van der Waals surface area (Å²) in [4.78, 5) is 33.5. The minimum atomic E-state index is -0.436. The molecule has 1 rings (SSSR count). The zero-order valence-electron chi connectivity index (χ0n) is 12.8. The van der Waals surface area contributed by atoms with E-state index in [9.17, 15) is 14.4 Å². The molecule has 6 nitrogen and oxygen atoms in total. The average Bonchev–Trinajstić information content (AvgIpc) is 2.96. The van der Waals surface area contributed by atoms with Gasteiger partial charge in [0.15, 0.2) is 0 Å². The largest absolute Gasteiger partial charge is 0.370 e. The van der Waals surface area contributed by atoms with Gasteiger partial charge in [-0.3, -0.25) is 14.4 Å². The lowest BCUT2D eigenvalue weighted by Crippen LogP contribution is -2.29. The molecule has 0 saturated carbocycles. The molecule has 0 fully saturated rings. The number of aryl methyl sites for hydroxylation is 1. The predicted octanol–water partition coefficient (Wildman–Crippen LogP) is 0.616. The summed E-state index contributed by atoms with van der Waals surface area (Å²) >= 11 is 0. The lowest BCUT2D eigenvalue weighted by atomic mass is 10.1. The smallest absolute Gasteiger partial charge is 0.220 e. The Balaban J connectivity index is 1.95. The van der Waals surface area contributed by atoms with Crippen molar-refractivity contribution in [2.24, 2.45) is 5.73 Å². The van der Waals surface area contributed by atoms with Crippen LogP contribution in [-0.2, 0) is 20.8 Å². The number of rotatable bonds is 11. The second-order valence-electron chi connectivity index (χ2n) is 5.17. The minimum absolute atomic E-state index is 0.0145. The number of carbonyl (C=O) groups is 3. The number of primary amides is 1. The van der Waals surface area contributed by atoms with Crippen molar-refractivity contribution in [3.8, 4) is 0 Å². The molecule has 0 saturated heterocycles. The van der Waals surface area contributed by atoms with Crippen LogP contribution in [0.5, 0.6) is 0 Å². The Morgan fingerprint density at radius 3 is 2.09 bits per heavy atom. The first-order chi connectivity index (χ1) is 10.6. The van der Waals surface area contributed by atoms with Crippen molar-refractivity contribution >= 4 is 17.7 Å². The third-order valence-electron chi connectivity index (χ3n) is 3.20. The molecular weight excluding hydrogens is 282 g/mol. The highest BCUT2D eigenvalue weighted by Crippen LogP contribution is 2.05. The van der Waals surface area contributed by atoms with Gasteiger partial charge in [-0.15, -0.1) is 0 Å². The maximum absolute atomic E-state index is 11.6. The maximum Gasteiger partial charge on any atom is 0.220 e. The van der Waals surface area contributed by atoms with Crippen molar-refractivity contribution in [3.63, 3.8) is 0 Å². The maximum atomic E-state index is 11.6. The third-order valence-corrected chi connectivity index (χ3v) is 3.20. The van der Waals surface area contributed by atoms with Crippen molar-refractivity contribution in [1.82, 2.24) is 10.6 Å². The van der Waals surface area contributed by atoms with E-state index in [4.69, 9.17) is 5.73 Å². The van der Waals surface area contributed by atoms with E-state index in [0.717, 1.165) is 12.8 Å². The molecule has 0 aliphatic carbocycles. The number of hydrogen-bond acceptors (Lipinski definition) is 3. The van der Waals surface area contributed by atoms with Gasteiger partial charge in [-0.05, 0) is 6.42 Å². The monoisotopic (exact) mass is 306 g/mol. The molecule has 22 heavy (non-hydrogen) atoms. The SMILES string of the molecule is NC(=O)CCNC(=O)CCCNC(=O)CCC[c-]1cccc1. The number of nitrogens with two attached hydrogens (primary N) is 1. The van der Waals surface area contributed by atoms with Crippen molar-refractivity contribution in [2.45, 2.75) is 38.5 Å². The molecule has 0 atom stereocenters. The van der Waals surface area contributed by atoms with Gasteiger partial charge in [0.25, 0.3) is 0 Å². The van der Waals surface area contributed by atoms with E-state index >= 15 is 0 Å². The lowest BCUT2D eigenvalue weighted by molar-refractivity contribution is -0.123. The molecule has 1 aromatic rings. The summed E-state index contributed by atoms with van der Waals surface area (Å²) in [5.74, 6) is -0.554. The van der Waals surface area contributed by atoms with Crippen LogP contribution in [0.25, 0.3) is 0 Å². The van der Waals surface area contributed by atoms with Crippen molar-refractivity contribution < 1.29 is 14.4 Å². The van der Waals surface area contributed by atoms with Crippen molar-refractivity contribution in [3.05, 3.63) is 29.8 Å². The minimum Gasteiger partial charge on any atom is -0.370 e. The Bertz CT molecular complexity index is 469. The van der Waals surface area contributed by atoms with Gasteiger partial charge in [-0.2, -0.15) is 17.7 Å². The molecule has 6 heteroatoms. The highest BCUT2D eigenvalue weighted by Gasteiger charge is 2.03. The third kappa shape index (κ3) is 8.84. The van der Waals surface area contributed by atoms with Crippen LogP contribution >= 0.6 is 0 Å². The molecule has 1 aromatic carbocycles. The normalized spacial score (nSPS) is 10.2. The fraction of sp³-hybridized carbons (Fsp3) is 0.500. The van der Waals surface area contributed by atoms with E-state index in [2.05, 4.69) is 22.8 Å². The van der Waals surface area contributed by atoms with Crippen LogP contribution in [-0.4, -0.2) is 30.8 Å². The topological polar surface area (TPSA) is 101 Å². The summed E-state index contributed by atoms with van der Waals surface area (Å²) < 4.78 is 0. The molecule has 0 radical (unpaired) electrons. The molecule has 3 amide bonds. The van der Waals surface area contributed by atoms with Gasteiger partial charge in [0.2, 0.25) is 17.7 Å². The zero-order valence-corrected chi connectivity index (χ0v) is 12.8. The highest BCUT2D eigenvalue weighted by atomic mass is 16.2. The molecule has 0 aliphatic rings. The average molecular weight is 306 g/mol. The van der Waals surface area contributed by atoms with E-state index in [0.29, 0.717) is 25.8 Å². The summed E-state index contributed by atoms with van der Waals surface area (Å²) in [5, 5.41) is 5.40.